The van der Waals surface area contributed by atoms with Crippen LogP contribution in [0.15, 0.2) is 24.5 Å². The molecule has 5 nitrogen and oxygen atoms in total. The molecule has 2 heterocycles. The van der Waals surface area contributed by atoms with Crippen LogP contribution in [0.2, 0.25) is 0 Å². The molecule has 0 aliphatic heterocycles. The van der Waals surface area contributed by atoms with Crippen molar-refractivity contribution in [3.8, 4) is 0 Å². The maximum Gasteiger partial charge on any atom is 0.150 e. The minimum Gasteiger partial charge on any atom is -0.311 e. The van der Waals surface area contributed by atoms with Gasteiger partial charge in [0, 0.05) is 38.3 Å². The van der Waals surface area contributed by atoms with Crippen molar-refractivity contribution in [1.29, 1.82) is 0 Å². The second-order valence-electron chi connectivity index (χ2n) is 4.41. The molecule has 19 heavy (non-hydrogen) atoms. The monoisotopic (exact) mass is 259 g/mol. The molecule has 1 N–H and O–H groups in total. The van der Waals surface area contributed by atoms with Gasteiger partial charge in [-0.15, -0.1) is 0 Å². The van der Waals surface area contributed by atoms with Crippen molar-refractivity contribution in [2.24, 2.45) is 0 Å². The van der Waals surface area contributed by atoms with E-state index in [9.17, 15) is 0 Å². The Labute approximate surface area is 114 Å². The summed E-state index contributed by atoms with van der Waals surface area (Å²) in [5, 5.41) is 7.90. The predicted molar refractivity (Wildman–Crippen MR) is 74.7 cm³/mol. The SMILES string of the molecule is CCc1nc(CC)n(CCNCc2cccnc2)n1. The molecule has 2 aromatic heterocycles. The molecular formula is C14H21N5. The number of nitrogens with zero attached hydrogens (tertiary/aromatic N) is 4. The summed E-state index contributed by atoms with van der Waals surface area (Å²) in [6.45, 7) is 6.78. The Morgan fingerprint density at radius 3 is 2.84 bits per heavy atom. The number of hydrogen-bond acceptors (Lipinski definition) is 4. The average molecular weight is 259 g/mol. The van der Waals surface area contributed by atoms with Crippen molar-refractivity contribution in [3.63, 3.8) is 0 Å². The molecule has 0 radical (unpaired) electrons. The number of aryl methyl sites for hydroxylation is 2. The number of pyridine rings is 1. The van der Waals surface area contributed by atoms with Crippen LogP contribution in [-0.2, 0) is 25.9 Å². The van der Waals surface area contributed by atoms with Crippen molar-refractivity contribution in [2.45, 2.75) is 39.8 Å². The van der Waals surface area contributed by atoms with Crippen LogP contribution in [0.25, 0.3) is 0 Å². The van der Waals surface area contributed by atoms with Gasteiger partial charge in [-0.05, 0) is 11.6 Å². The molecule has 2 aromatic rings. The largest absolute Gasteiger partial charge is 0.311 e. The lowest BCUT2D eigenvalue weighted by atomic mass is 10.3. The summed E-state index contributed by atoms with van der Waals surface area (Å²) in [5.41, 5.74) is 1.20. The summed E-state index contributed by atoms with van der Waals surface area (Å²) in [6, 6.07) is 4.03. The molecule has 5 heteroatoms. The first-order valence-electron chi connectivity index (χ1n) is 6.85. The van der Waals surface area contributed by atoms with E-state index in [1.165, 1.54) is 5.56 Å². The third-order valence-electron chi connectivity index (χ3n) is 2.98. The third-order valence-corrected chi connectivity index (χ3v) is 2.98. The quantitative estimate of drug-likeness (QED) is 0.767. The third kappa shape index (κ3) is 3.86. The van der Waals surface area contributed by atoms with E-state index in [2.05, 4.69) is 40.3 Å². The number of rotatable bonds is 7. The summed E-state index contributed by atoms with van der Waals surface area (Å²) in [7, 11) is 0. The molecule has 0 bridgehead atoms. The molecule has 2 rings (SSSR count). The first-order valence-corrected chi connectivity index (χ1v) is 6.85. The van der Waals surface area contributed by atoms with Gasteiger partial charge < -0.3 is 5.32 Å². The van der Waals surface area contributed by atoms with Crippen molar-refractivity contribution in [1.82, 2.24) is 25.1 Å². The molecule has 0 aliphatic carbocycles. The Hall–Kier alpha value is -1.75. The highest BCUT2D eigenvalue weighted by Gasteiger charge is 2.06. The second-order valence-corrected chi connectivity index (χ2v) is 4.41. The minimum atomic E-state index is 0.838. The number of aromatic nitrogens is 4. The van der Waals surface area contributed by atoms with Crippen molar-refractivity contribution in [3.05, 3.63) is 41.7 Å². The highest BCUT2D eigenvalue weighted by molar-refractivity contribution is 5.07. The normalized spacial score (nSPS) is 10.8. The zero-order chi connectivity index (χ0) is 13.5. The first-order chi connectivity index (χ1) is 9.33. The lowest BCUT2D eigenvalue weighted by Crippen LogP contribution is -2.21. The molecule has 102 valence electrons. The Bertz CT molecular complexity index is 492. The van der Waals surface area contributed by atoms with Gasteiger partial charge in [-0.2, -0.15) is 5.10 Å². The van der Waals surface area contributed by atoms with Crippen LogP contribution in [0.1, 0.15) is 31.1 Å². The molecule has 0 aromatic carbocycles. The van der Waals surface area contributed by atoms with Crippen molar-refractivity contribution >= 4 is 0 Å². The fourth-order valence-corrected chi connectivity index (χ4v) is 1.94. The Kier molecular flexibility index (Phi) is 5.03. The number of nitrogens with one attached hydrogen (secondary N) is 1. The van der Waals surface area contributed by atoms with E-state index < -0.39 is 0 Å². The molecule has 0 unspecified atom stereocenters. The van der Waals surface area contributed by atoms with E-state index in [1.807, 2.05) is 16.9 Å². The molecular weight excluding hydrogens is 238 g/mol. The van der Waals surface area contributed by atoms with Crippen molar-refractivity contribution < 1.29 is 0 Å². The van der Waals surface area contributed by atoms with Gasteiger partial charge in [0.05, 0.1) is 6.54 Å². The van der Waals surface area contributed by atoms with E-state index in [4.69, 9.17) is 0 Å². The van der Waals surface area contributed by atoms with E-state index in [-0.39, 0.29) is 0 Å². The summed E-state index contributed by atoms with van der Waals surface area (Å²) >= 11 is 0. The van der Waals surface area contributed by atoms with Crippen LogP contribution in [0.4, 0.5) is 0 Å². The Morgan fingerprint density at radius 1 is 1.26 bits per heavy atom. The van der Waals surface area contributed by atoms with E-state index in [0.29, 0.717) is 0 Å². The van der Waals surface area contributed by atoms with Gasteiger partial charge in [0.25, 0.3) is 0 Å². The molecule has 0 aliphatic rings. The van der Waals surface area contributed by atoms with Crippen LogP contribution >= 0.6 is 0 Å². The van der Waals surface area contributed by atoms with E-state index in [1.54, 1.807) is 6.20 Å². The smallest absolute Gasteiger partial charge is 0.150 e. The Morgan fingerprint density at radius 2 is 2.16 bits per heavy atom. The van der Waals surface area contributed by atoms with Crippen LogP contribution in [0.3, 0.4) is 0 Å². The molecule has 0 saturated carbocycles. The van der Waals surface area contributed by atoms with Crippen LogP contribution in [0.5, 0.6) is 0 Å². The maximum atomic E-state index is 4.50. The summed E-state index contributed by atoms with van der Waals surface area (Å²) in [4.78, 5) is 8.59. The molecule has 0 amide bonds. The zero-order valence-electron chi connectivity index (χ0n) is 11.6. The van der Waals surface area contributed by atoms with E-state index in [0.717, 1.165) is 44.1 Å². The van der Waals surface area contributed by atoms with Crippen molar-refractivity contribution in [2.75, 3.05) is 6.54 Å². The van der Waals surface area contributed by atoms with Gasteiger partial charge in [-0.3, -0.25) is 4.98 Å². The lowest BCUT2D eigenvalue weighted by Gasteiger charge is -2.06. The van der Waals surface area contributed by atoms with E-state index >= 15 is 0 Å². The standard InChI is InChI=1S/C14H21N5/c1-3-13-17-14(4-2)19(18-13)9-8-16-11-12-6-5-7-15-10-12/h5-7,10,16H,3-4,8-9,11H2,1-2H3. The molecule has 0 saturated heterocycles. The zero-order valence-corrected chi connectivity index (χ0v) is 11.6. The van der Waals surface area contributed by atoms with Crippen LogP contribution in [0, 0.1) is 0 Å². The fourth-order valence-electron chi connectivity index (χ4n) is 1.94. The van der Waals surface area contributed by atoms with Gasteiger partial charge in [0.2, 0.25) is 0 Å². The number of hydrogen-bond donors (Lipinski definition) is 1. The molecule has 0 fully saturated rings. The average Bonchev–Trinajstić information content (AvgIpc) is 2.87. The predicted octanol–water partition coefficient (Wildman–Crippen LogP) is 1.59. The summed E-state index contributed by atoms with van der Waals surface area (Å²) in [6.07, 6.45) is 5.49. The second kappa shape index (κ2) is 6.99. The summed E-state index contributed by atoms with van der Waals surface area (Å²) in [5.74, 6) is 2.00. The summed E-state index contributed by atoms with van der Waals surface area (Å²) < 4.78 is 2.01. The van der Waals surface area contributed by atoms with Gasteiger partial charge >= 0.3 is 0 Å². The van der Waals surface area contributed by atoms with Gasteiger partial charge in [0.1, 0.15) is 5.82 Å². The topological polar surface area (TPSA) is 55.6 Å². The minimum absolute atomic E-state index is 0.838. The van der Waals surface area contributed by atoms with Gasteiger partial charge in [-0.1, -0.05) is 19.9 Å². The van der Waals surface area contributed by atoms with Crippen LogP contribution in [-0.4, -0.2) is 26.3 Å². The lowest BCUT2D eigenvalue weighted by molar-refractivity contribution is 0.532. The molecule has 0 spiro atoms. The van der Waals surface area contributed by atoms with Crippen LogP contribution < -0.4 is 5.32 Å². The van der Waals surface area contributed by atoms with Gasteiger partial charge in [-0.25, -0.2) is 9.67 Å². The highest BCUT2D eigenvalue weighted by Crippen LogP contribution is 2.00. The van der Waals surface area contributed by atoms with Gasteiger partial charge in [0.15, 0.2) is 5.82 Å². The Balaban J connectivity index is 1.81. The fraction of sp³-hybridized carbons (Fsp3) is 0.500. The maximum absolute atomic E-state index is 4.50. The molecule has 0 atom stereocenters. The highest BCUT2D eigenvalue weighted by atomic mass is 15.3. The first kappa shape index (κ1) is 13.7.